The first-order chi connectivity index (χ1) is 15.5. The molecule has 1 saturated heterocycles. The van der Waals surface area contributed by atoms with Gasteiger partial charge in [-0.3, -0.25) is 14.7 Å². The molecule has 2 N–H and O–H groups in total. The number of aromatic nitrogens is 4. The SMILES string of the molecule is COc1ccccc1NC(=O)c1cnc([C@H]2CCCCN2C(=O)c2cn[nH]c2C)nc1C. The van der Waals surface area contributed by atoms with E-state index in [9.17, 15) is 9.59 Å². The number of methoxy groups -OCH3 is 1. The molecular weight excluding hydrogens is 408 g/mol. The first kappa shape index (κ1) is 21.5. The number of piperidine rings is 1. The minimum Gasteiger partial charge on any atom is -0.495 e. The molecule has 1 aliphatic heterocycles. The van der Waals surface area contributed by atoms with Crippen molar-refractivity contribution in [3.05, 3.63) is 65.0 Å². The number of nitrogens with one attached hydrogen (secondary N) is 2. The van der Waals surface area contributed by atoms with Crippen molar-refractivity contribution in [3.63, 3.8) is 0 Å². The number of benzene rings is 1. The topological polar surface area (TPSA) is 113 Å². The van der Waals surface area contributed by atoms with Crippen LogP contribution in [0.25, 0.3) is 0 Å². The van der Waals surface area contributed by atoms with Crippen molar-refractivity contribution in [1.29, 1.82) is 0 Å². The molecule has 3 heterocycles. The smallest absolute Gasteiger partial charge is 0.259 e. The quantitative estimate of drug-likeness (QED) is 0.636. The second-order valence-corrected chi connectivity index (χ2v) is 7.80. The molecule has 0 saturated carbocycles. The van der Waals surface area contributed by atoms with E-state index in [0.29, 0.717) is 40.6 Å². The van der Waals surface area contributed by atoms with Crippen LogP contribution in [0.1, 0.15) is 63.2 Å². The molecule has 3 aromatic rings. The lowest BCUT2D eigenvalue weighted by Gasteiger charge is -2.34. The van der Waals surface area contributed by atoms with Crippen LogP contribution in [0.4, 0.5) is 5.69 Å². The van der Waals surface area contributed by atoms with Gasteiger partial charge >= 0.3 is 0 Å². The third kappa shape index (κ3) is 4.18. The Bertz CT molecular complexity index is 1140. The molecule has 9 nitrogen and oxygen atoms in total. The molecule has 2 aromatic heterocycles. The largest absolute Gasteiger partial charge is 0.495 e. The number of hydrogen-bond acceptors (Lipinski definition) is 6. The second-order valence-electron chi connectivity index (χ2n) is 7.80. The zero-order valence-electron chi connectivity index (χ0n) is 18.4. The van der Waals surface area contributed by atoms with Crippen molar-refractivity contribution in [3.8, 4) is 5.75 Å². The number of carbonyl (C=O) groups excluding carboxylic acids is 2. The van der Waals surface area contributed by atoms with E-state index in [1.165, 1.54) is 6.20 Å². The first-order valence-electron chi connectivity index (χ1n) is 10.6. The van der Waals surface area contributed by atoms with Gasteiger partial charge in [0.2, 0.25) is 0 Å². The molecule has 32 heavy (non-hydrogen) atoms. The van der Waals surface area contributed by atoms with Crippen LogP contribution in [0.15, 0.2) is 36.7 Å². The highest BCUT2D eigenvalue weighted by Gasteiger charge is 2.32. The lowest BCUT2D eigenvalue weighted by Crippen LogP contribution is -2.39. The van der Waals surface area contributed by atoms with Gasteiger partial charge in [-0.15, -0.1) is 0 Å². The Morgan fingerprint density at radius 2 is 1.97 bits per heavy atom. The highest BCUT2D eigenvalue weighted by atomic mass is 16.5. The number of likely N-dealkylation sites (tertiary alicyclic amines) is 1. The summed E-state index contributed by atoms with van der Waals surface area (Å²) in [6.45, 7) is 4.24. The molecule has 0 radical (unpaired) electrons. The molecule has 166 valence electrons. The summed E-state index contributed by atoms with van der Waals surface area (Å²) in [4.78, 5) is 36.9. The molecule has 0 unspecified atom stereocenters. The molecule has 4 rings (SSSR count). The van der Waals surface area contributed by atoms with Crippen molar-refractivity contribution < 1.29 is 14.3 Å². The van der Waals surface area contributed by atoms with Crippen molar-refractivity contribution >= 4 is 17.5 Å². The molecule has 1 atom stereocenters. The minimum atomic E-state index is -0.316. The van der Waals surface area contributed by atoms with Gasteiger partial charge in [-0.25, -0.2) is 9.97 Å². The monoisotopic (exact) mass is 434 g/mol. The fourth-order valence-corrected chi connectivity index (χ4v) is 3.97. The van der Waals surface area contributed by atoms with Crippen LogP contribution in [-0.2, 0) is 0 Å². The van der Waals surface area contributed by atoms with E-state index in [4.69, 9.17) is 4.74 Å². The number of carbonyl (C=O) groups is 2. The zero-order valence-corrected chi connectivity index (χ0v) is 18.4. The van der Waals surface area contributed by atoms with Crippen LogP contribution in [0.2, 0.25) is 0 Å². The summed E-state index contributed by atoms with van der Waals surface area (Å²) in [6, 6.07) is 6.96. The van der Waals surface area contributed by atoms with E-state index < -0.39 is 0 Å². The van der Waals surface area contributed by atoms with E-state index >= 15 is 0 Å². The number of rotatable bonds is 5. The van der Waals surface area contributed by atoms with Crippen molar-refractivity contribution in [2.45, 2.75) is 39.2 Å². The molecule has 1 fully saturated rings. The zero-order chi connectivity index (χ0) is 22.7. The summed E-state index contributed by atoms with van der Waals surface area (Å²) in [5, 5.41) is 9.64. The van der Waals surface area contributed by atoms with Gasteiger partial charge in [0.1, 0.15) is 5.75 Å². The summed E-state index contributed by atoms with van der Waals surface area (Å²) in [7, 11) is 1.55. The molecule has 1 aromatic carbocycles. The molecule has 2 amide bonds. The number of aryl methyl sites for hydroxylation is 2. The second kappa shape index (κ2) is 9.17. The molecule has 9 heteroatoms. The van der Waals surface area contributed by atoms with Crippen LogP contribution in [0, 0.1) is 13.8 Å². The lowest BCUT2D eigenvalue weighted by atomic mass is 10.00. The Morgan fingerprint density at radius 1 is 1.16 bits per heavy atom. The Morgan fingerprint density at radius 3 is 2.69 bits per heavy atom. The number of aromatic amines is 1. The predicted octanol–water partition coefficient (Wildman–Crippen LogP) is 3.44. The maximum atomic E-state index is 13.1. The average Bonchev–Trinajstić information content (AvgIpc) is 3.24. The molecule has 0 spiro atoms. The van der Waals surface area contributed by atoms with E-state index in [1.54, 1.807) is 32.4 Å². The molecule has 1 aliphatic rings. The van der Waals surface area contributed by atoms with Gasteiger partial charge in [0.15, 0.2) is 5.82 Å². The minimum absolute atomic E-state index is 0.0832. The standard InChI is InChI=1S/C23H26N6O3/c1-14-16(22(30)27-18-8-4-5-10-20(18)32-3)12-24-21(26-14)19-9-6-7-11-29(19)23(31)17-13-25-28-15(17)2/h4-5,8,10,12-13,19H,6-7,9,11H2,1-3H3,(H,25,28)(H,27,30)/t19-/m1/s1. The van der Waals surface area contributed by atoms with E-state index in [2.05, 4.69) is 25.5 Å². The molecule has 0 aliphatic carbocycles. The van der Waals surface area contributed by atoms with E-state index in [-0.39, 0.29) is 17.9 Å². The number of para-hydroxylation sites is 2. The number of amides is 2. The van der Waals surface area contributed by atoms with Crippen molar-refractivity contribution in [2.75, 3.05) is 19.0 Å². The average molecular weight is 435 g/mol. The molecular formula is C23H26N6O3. The van der Waals surface area contributed by atoms with Crippen LogP contribution in [0.3, 0.4) is 0 Å². The highest BCUT2D eigenvalue weighted by molar-refractivity contribution is 6.05. The van der Waals surface area contributed by atoms with Gasteiger partial charge in [-0.05, 0) is 45.2 Å². The van der Waals surface area contributed by atoms with Gasteiger partial charge in [-0.1, -0.05) is 12.1 Å². The van der Waals surface area contributed by atoms with Gasteiger partial charge in [0.05, 0.1) is 41.9 Å². The summed E-state index contributed by atoms with van der Waals surface area (Å²) in [5.41, 5.74) is 2.79. The number of anilines is 1. The van der Waals surface area contributed by atoms with Crippen LogP contribution in [0.5, 0.6) is 5.75 Å². The number of hydrogen-bond donors (Lipinski definition) is 2. The van der Waals surface area contributed by atoms with Crippen LogP contribution >= 0.6 is 0 Å². The number of H-pyrrole nitrogens is 1. The van der Waals surface area contributed by atoms with Gasteiger partial charge in [0.25, 0.3) is 11.8 Å². The normalized spacial score (nSPS) is 16.0. The van der Waals surface area contributed by atoms with Crippen molar-refractivity contribution in [1.82, 2.24) is 25.1 Å². The fraction of sp³-hybridized carbons (Fsp3) is 0.348. The summed E-state index contributed by atoms with van der Waals surface area (Å²) < 4.78 is 5.29. The van der Waals surface area contributed by atoms with Crippen molar-refractivity contribution in [2.24, 2.45) is 0 Å². The van der Waals surface area contributed by atoms with Gasteiger partial charge < -0.3 is 15.0 Å². The number of ether oxygens (including phenoxy) is 1. The Hall–Kier alpha value is -3.75. The van der Waals surface area contributed by atoms with Crippen LogP contribution < -0.4 is 10.1 Å². The predicted molar refractivity (Wildman–Crippen MR) is 119 cm³/mol. The fourth-order valence-electron chi connectivity index (χ4n) is 3.97. The summed E-state index contributed by atoms with van der Waals surface area (Å²) in [5.74, 6) is 0.719. The third-order valence-electron chi connectivity index (χ3n) is 5.72. The Labute approximate surface area is 186 Å². The van der Waals surface area contributed by atoms with Gasteiger partial charge in [0, 0.05) is 18.4 Å². The highest BCUT2D eigenvalue weighted by Crippen LogP contribution is 2.31. The molecule has 0 bridgehead atoms. The summed E-state index contributed by atoms with van der Waals surface area (Å²) in [6.07, 6.45) is 5.77. The Kier molecular flexibility index (Phi) is 6.16. The Balaban J connectivity index is 1.57. The maximum absolute atomic E-state index is 13.1. The number of nitrogens with zero attached hydrogens (tertiary/aromatic N) is 4. The third-order valence-corrected chi connectivity index (χ3v) is 5.72. The first-order valence-corrected chi connectivity index (χ1v) is 10.6. The summed E-state index contributed by atoms with van der Waals surface area (Å²) >= 11 is 0. The van der Waals surface area contributed by atoms with E-state index in [0.717, 1.165) is 25.0 Å². The van der Waals surface area contributed by atoms with Gasteiger partial charge in [-0.2, -0.15) is 5.10 Å². The maximum Gasteiger partial charge on any atom is 0.259 e. The van der Waals surface area contributed by atoms with E-state index in [1.807, 2.05) is 24.0 Å². The van der Waals surface area contributed by atoms with Crippen LogP contribution in [-0.4, -0.2) is 50.5 Å². The lowest BCUT2D eigenvalue weighted by molar-refractivity contribution is 0.0598.